The lowest BCUT2D eigenvalue weighted by atomic mass is 10.2. The molecule has 0 spiro atoms. The van der Waals surface area contributed by atoms with Crippen LogP contribution >= 0.6 is 11.8 Å². The second-order valence-electron chi connectivity index (χ2n) is 6.58. The number of rotatable bonds is 10. The topological polar surface area (TPSA) is 82.1 Å². The molecule has 29 heavy (non-hydrogen) atoms. The number of ether oxygens (including phenoxy) is 3. The summed E-state index contributed by atoms with van der Waals surface area (Å²) in [6.07, 6.45) is 3.22. The van der Waals surface area contributed by atoms with Gasteiger partial charge in [-0.15, -0.1) is 0 Å². The lowest BCUT2D eigenvalue weighted by Crippen LogP contribution is -2.34. The third-order valence-electron chi connectivity index (χ3n) is 3.66. The minimum absolute atomic E-state index is 0.173. The first-order chi connectivity index (χ1) is 13.8. The molecule has 1 aromatic rings. The van der Waals surface area contributed by atoms with Gasteiger partial charge in [0.1, 0.15) is 13.2 Å². The number of amides is 2. The Kier molecular flexibility index (Phi) is 8.33. The molecule has 1 aliphatic heterocycles. The maximum absolute atomic E-state index is 12.6. The summed E-state index contributed by atoms with van der Waals surface area (Å²) in [5, 5.41) is -0.501. The van der Waals surface area contributed by atoms with E-state index in [9.17, 15) is 14.4 Å². The fourth-order valence-corrected chi connectivity index (χ4v) is 3.21. The van der Waals surface area contributed by atoms with Crippen LogP contribution in [0, 0.1) is 5.92 Å². The van der Waals surface area contributed by atoms with Crippen molar-refractivity contribution in [1.82, 2.24) is 4.90 Å². The van der Waals surface area contributed by atoms with E-state index < -0.39 is 23.7 Å². The minimum atomic E-state index is -0.607. The zero-order valence-electron chi connectivity index (χ0n) is 16.8. The molecular weight excluding hydrogens is 394 g/mol. The van der Waals surface area contributed by atoms with Gasteiger partial charge in [0.15, 0.2) is 11.5 Å². The Morgan fingerprint density at radius 1 is 1.24 bits per heavy atom. The number of benzene rings is 1. The van der Waals surface area contributed by atoms with Gasteiger partial charge in [-0.25, -0.2) is 0 Å². The number of hydrogen-bond donors (Lipinski definition) is 0. The summed E-state index contributed by atoms with van der Waals surface area (Å²) in [6, 6.07) is 5.21. The molecule has 1 fully saturated rings. The van der Waals surface area contributed by atoms with Crippen LogP contribution in [0.5, 0.6) is 11.5 Å². The highest BCUT2D eigenvalue weighted by atomic mass is 32.2. The van der Waals surface area contributed by atoms with E-state index in [1.54, 1.807) is 30.4 Å². The first-order valence-corrected chi connectivity index (χ1v) is 10.1. The van der Waals surface area contributed by atoms with Crippen LogP contribution in [0.25, 0.3) is 6.08 Å². The Hall–Kier alpha value is -2.74. The molecule has 0 radical (unpaired) electrons. The molecule has 1 heterocycles. The predicted octanol–water partition coefficient (Wildman–Crippen LogP) is 3.89. The quantitative estimate of drug-likeness (QED) is 0.323. The van der Waals surface area contributed by atoms with Crippen LogP contribution in [-0.2, 0) is 14.3 Å². The first kappa shape index (κ1) is 22.5. The molecule has 0 aromatic heterocycles. The summed E-state index contributed by atoms with van der Waals surface area (Å²) in [4.78, 5) is 37.7. The van der Waals surface area contributed by atoms with Crippen LogP contribution in [0.1, 0.15) is 26.3 Å². The largest absolute Gasteiger partial charge is 0.490 e. The molecule has 1 aliphatic rings. The van der Waals surface area contributed by atoms with Crippen molar-refractivity contribution in [2.24, 2.45) is 5.92 Å². The Morgan fingerprint density at radius 2 is 2.00 bits per heavy atom. The number of hydrogen-bond acceptors (Lipinski definition) is 7. The summed E-state index contributed by atoms with van der Waals surface area (Å²) >= 11 is 0.786. The monoisotopic (exact) mass is 419 g/mol. The van der Waals surface area contributed by atoms with Crippen molar-refractivity contribution in [3.63, 3.8) is 0 Å². The third kappa shape index (κ3) is 6.39. The molecule has 0 saturated carbocycles. The minimum Gasteiger partial charge on any atom is -0.490 e. The Balaban J connectivity index is 2.14. The van der Waals surface area contributed by atoms with E-state index in [1.807, 2.05) is 20.8 Å². The number of imide groups is 1. The first-order valence-electron chi connectivity index (χ1n) is 9.27. The molecule has 2 rings (SSSR count). The van der Waals surface area contributed by atoms with E-state index in [0.717, 1.165) is 16.7 Å². The van der Waals surface area contributed by atoms with Crippen LogP contribution in [0.4, 0.5) is 4.79 Å². The zero-order valence-corrected chi connectivity index (χ0v) is 17.6. The molecule has 0 N–H and O–H groups in total. The van der Waals surface area contributed by atoms with E-state index in [1.165, 1.54) is 0 Å². The average Bonchev–Trinajstić information content (AvgIpc) is 2.93. The van der Waals surface area contributed by atoms with E-state index in [4.69, 9.17) is 14.2 Å². The Bertz CT molecular complexity index is 817. The summed E-state index contributed by atoms with van der Waals surface area (Å²) in [6.45, 7) is 9.91. The lowest BCUT2D eigenvalue weighted by Gasteiger charge is -2.13. The summed E-state index contributed by atoms with van der Waals surface area (Å²) < 4.78 is 16.2. The Labute approximate surface area is 174 Å². The van der Waals surface area contributed by atoms with E-state index in [-0.39, 0.29) is 17.4 Å². The van der Waals surface area contributed by atoms with E-state index >= 15 is 0 Å². The molecule has 0 bridgehead atoms. The van der Waals surface area contributed by atoms with Gasteiger partial charge in [-0.05, 0) is 48.4 Å². The molecule has 7 nitrogen and oxygen atoms in total. The highest BCUT2D eigenvalue weighted by molar-refractivity contribution is 8.18. The van der Waals surface area contributed by atoms with Crippen molar-refractivity contribution in [1.29, 1.82) is 0 Å². The number of esters is 1. The standard InChI is InChI=1S/C21H25NO6S/c1-5-9-27-16-8-7-15(10-17(16)26-6-2)11-18-20(24)22(21(25)29-18)12-19(23)28-13-14(3)4/h5,7-8,10-11,14H,1,6,9,12-13H2,2-4H3/b18-11+. The van der Waals surface area contributed by atoms with Gasteiger partial charge in [0.2, 0.25) is 0 Å². The third-order valence-corrected chi connectivity index (χ3v) is 4.57. The van der Waals surface area contributed by atoms with Gasteiger partial charge >= 0.3 is 5.97 Å². The van der Waals surface area contributed by atoms with Crippen molar-refractivity contribution < 1.29 is 28.6 Å². The smallest absolute Gasteiger partial charge is 0.326 e. The average molecular weight is 419 g/mol. The molecule has 156 valence electrons. The molecule has 0 aliphatic carbocycles. The highest BCUT2D eigenvalue weighted by Gasteiger charge is 2.36. The summed E-state index contributed by atoms with van der Waals surface area (Å²) in [5.74, 6) is 0.132. The highest BCUT2D eigenvalue weighted by Crippen LogP contribution is 2.34. The second-order valence-corrected chi connectivity index (χ2v) is 7.58. The van der Waals surface area contributed by atoms with Gasteiger partial charge in [-0.2, -0.15) is 0 Å². The van der Waals surface area contributed by atoms with Crippen LogP contribution in [0.3, 0.4) is 0 Å². The van der Waals surface area contributed by atoms with E-state index in [0.29, 0.717) is 30.3 Å². The molecule has 1 aromatic carbocycles. The van der Waals surface area contributed by atoms with Gasteiger partial charge < -0.3 is 14.2 Å². The molecule has 1 saturated heterocycles. The van der Waals surface area contributed by atoms with Gasteiger partial charge in [-0.3, -0.25) is 19.3 Å². The maximum Gasteiger partial charge on any atom is 0.326 e. The van der Waals surface area contributed by atoms with Crippen molar-refractivity contribution in [3.8, 4) is 11.5 Å². The molecule has 0 atom stereocenters. The molecule has 2 amide bonds. The fourth-order valence-electron chi connectivity index (χ4n) is 2.37. The number of nitrogens with zero attached hydrogens (tertiary/aromatic N) is 1. The Morgan fingerprint density at radius 3 is 2.66 bits per heavy atom. The van der Waals surface area contributed by atoms with Crippen molar-refractivity contribution in [2.45, 2.75) is 20.8 Å². The van der Waals surface area contributed by atoms with Crippen molar-refractivity contribution in [3.05, 3.63) is 41.3 Å². The number of carbonyl (C=O) groups excluding carboxylic acids is 3. The number of thioether (sulfide) groups is 1. The molecular formula is C21H25NO6S. The van der Waals surface area contributed by atoms with Gasteiger partial charge in [-0.1, -0.05) is 32.6 Å². The second kappa shape index (κ2) is 10.7. The predicted molar refractivity (Wildman–Crippen MR) is 112 cm³/mol. The fraction of sp³-hybridized carbons (Fsp3) is 0.381. The van der Waals surface area contributed by atoms with Crippen molar-refractivity contribution >= 4 is 35.0 Å². The van der Waals surface area contributed by atoms with Crippen LogP contribution < -0.4 is 9.47 Å². The summed E-state index contributed by atoms with van der Waals surface area (Å²) in [5.41, 5.74) is 0.673. The maximum atomic E-state index is 12.6. The van der Waals surface area contributed by atoms with Gasteiger partial charge in [0.25, 0.3) is 11.1 Å². The molecule has 8 heteroatoms. The molecule has 0 unspecified atom stereocenters. The van der Waals surface area contributed by atoms with Crippen LogP contribution in [0.2, 0.25) is 0 Å². The number of carbonyl (C=O) groups is 3. The van der Waals surface area contributed by atoms with Crippen LogP contribution in [-0.4, -0.2) is 48.4 Å². The lowest BCUT2D eigenvalue weighted by molar-refractivity contribution is -0.147. The van der Waals surface area contributed by atoms with Gasteiger partial charge in [0.05, 0.1) is 18.1 Å². The van der Waals surface area contributed by atoms with Gasteiger partial charge in [0, 0.05) is 0 Å². The van der Waals surface area contributed by atoms with Crippen molar-refractivity contribution in [2.75, 3.05) is 26.4 Å². The normalized spacial score (nSPS) is 15.2. The zero-order chi connectivity index (χ0) is 21.4. The van der Waals surface area contributed by atoms with E-state index in [2.05, 4.69) is 6.58 Å². The van der Waals surface area contributed by atoms with Crippen LogP contribution in [0.15, 0.2) is 35.8 Å². The summed E-state index contributed by atoms with van der Waals surface area (Å²) in [7, 11) is 0. The SMILES string of the molecule is C=CCOc1ccc(/C=C2/SC(=O)N(CC(=O)OCC(C)C)C2=O)cc1OCC.